The van der Waals surface area contributed by atoms with E-state index in [9.17, 15) is 9.59 Å². The lowest BCUT2D eigenvalue weighted by molar-refractivity contribution is -0.139. The van der Waals surface area contributed by atoms with Crippen molar-refractivity contribution in [1.29, 1.82) is 0 Å². The number of carbonyl (C=O) groups is 2. The molecule has 3 aliphatic rings. The number of likely N-dealkylation sites (tertiary alicyclic amines) is 2. The number of hydrogen-bond donors (Lipinski definition) is 0. The van der Waals surface area contributed by atoms with Crippen molar-refractivity contribution in [2.24, 2.45) is 11.8 Å². The molecule has 2 saturated heterocycles. The molecule has 0 bridgehead atoms. The van der Waals surface area contributed by atoms with Crippen molar-refractivity contribution in [3.63, 3.8) is 0 Å². The van der Waals surface area contributed by atoms with E-state index in [1.54, 1.807) is 11.3 Å². The van der Waals surface area contributed by atoms with Crippen molar-refractivity contribution in [3.05, 3.63) is 16.6 Å². The number of nitrogens with zero attached hydrogens (tertiary/aromatic N) is 3. The number of amides is 2. The van der Waals surface area contributed by atoms with Crippen LogP contribution in [0.1, 0.15) is 49.6 Å². The van der Waals surface area contributed by atoms with E-state index < -0.39 is 0 Å². The highest BCUT2D eigenvalue weighted by Gasteiger charge is 2.41. The first kappa shape index (κ1) is 15.1. The second-order valence-electron chi connectivity index (χ2n) is 7.06. The quantitative estimate of drug-likeness (QED) is 0.850. The standard InChI is InChI=1S/C17H23N3O2S/c21-15-9-13(11-19(15)10-12-4-5-12)17(22)20-7-2-1-3-14(20)16-18-6-8-23-16/h6,8,12-14H,1-5,7,9-11H2/t13-,14-/m0/s1. The summed E-state index contributed by atoms with van der Waals surface area (Å²) in [6.07, 6.45) is 7.87. The van der Waals surface area contributed by atoms with Gasteiger partial charge in [-0.2, -0.15) is 0 Å². The van der Waals surface area contributed by atoms with E-state index in [1.807, 2.05) is 21.4 Å². The van der Waals surface area contributed by atoms with E-state index in [4.69, 9.17) is 0 Å². The topological polar surface area (TPSA) is 53.5 Å². The van der Waals surface area contributed by atoms with Crippen LogP contribution in [0.3, 0.4) is 0 Å². The van der Waals surface area contributed by atoms with Gasteiger partial charge in [0.25, 0.3) is 0 Å². The maximum atomic E-state index is 13.0. The Kier molecular flexibility index (Phi) is 4.09. The van der Waals surface area contributed by atoms with E-state index >= 15 is 0 Å². The minimum atomic E-state index is -0.151. The van der Waals surface area contributed by atoms with Gasteiger partial charge >= 0.3 is 0 Å². The van der Waals surface area contributed by atoms with Crippen LogP contribution in [0.2, 0.25) is 0 Å². The summed E-state index contributed by atoms with van der Waals surface area (Å²) in [6.45, 7) is 2.28. The number of carbonyl (C=O) groups excluding carboxylic acids is 2. The third kappa shape index (κ3) is 3.13. The van der Waals surface area contributed by atoms with Gasteiger partial charge in [0, 0.05) is 37.6 Å². The van der Waals surface area contributed by atoms with E-state index in [1.165, 1.54) is 12.8 Å². The minimum absolute atomic E-state index is 0.115. The second kappa shape index (κ2) is 6.23. The molecule has 1 aromatic heterocycles. The predicted molar refractivity (Wildman–Crippen MR) is 87.8 cm³/mol. The molecule has 2 aliphatic heterocycles. The summed E-state index contributed by atoms with van der Waals surface area (Å²) >= 11 is 1.63. The average Bonchev–Trinajstić information content (AvgIpc) is 3.08. The summed E-state index contributed by atoms with van der Waals surface area (Å²) in [5, 5.41) is 3.01. The maximum absolute atomic E-state index is 13.0. The summed E-state index contributed by atoms with van der Waals surface area (Å²) in [5.41, 5.74) is 0. The fraction of sp³-hybridized carbons (Fsp3) is 0.706. The molecule has 6 heteroatoms. The van der Waals surface area contributed by atoms with Crippen molar-refractivity contribution in [2.45, 2.75) is 44.6 Å². The summed E-state index contributed by atoms with van der Waals surface area (Å²) < 4.78 is 0. The van der Waals surface area contributed by atoms with Crippen LogP contribution in [-0.2, 0) is 9.59 Å². The van der Waals surface area contributed by atoms with Crippen LogP contribution in [0, 0.1) is 11.8 Å². The molecule has 3 fully saturated rings. The Balaban J connectivity index is 1.45. The normalized spacial score (nSPS) is 28.4. The highest BCUT2D eigenvalue weighted by atomic mass is 32.1. The summed E-state index contributed by atoms with van der Waals surface area (Å²) in [6, 6.07) is 0.115. The Morgan fingerprint density at radius 2 is 2.17 bits per heavy atom. The van der Waals surface area contributed by atoms with Crippen molar-refractivity contribution < 1.29 is 9.59 Å². The largest absolute Gasteiger partial charge is 0.342 e. The van der Waals surface area contributed by atoms with Crippen molar-refractivity contribution in [3.8, 4) is 0 Å². The first-order chi connectivity index (χ1) is 11.2. The molecule has 0 spiro atoms. The highest BCUT2D eigenvalue weighted by molar-refractivity contribution is 7.09. The Bertz CT molecular complexity index is 585. The van der Waals surface area contributed by atoms with Crippen LogP contribution >= 0.6 is 11.3 Å². The number of hydrogen-bond acceptors (Lipinski definition) is 4. The fourth-order valence-electron chi connectivity index (χ4n) is 3.81. The summed E-state index contributed by atoms with van der Waals surface area (Å²) in [7, 11) is 0. The van der Waals surface area contributed by atoms with E-state index in [2.05, 4.69) is 4.98 Å². The lowest BCUT2D eigenvalue weighted by atomic mass is 9.99. The van der Waals surface area contributed by atoms with Gasteiger partial charge in [0.15, 0.2) is 0 Å². The predicted octanol–water partition coefficient (Wildman–Crippen LogP) is 2.46. The zero-order valence-corrected chi connectivity index (χ0v) is 14.1. The number of thiazole rings is 1. The molecule has 23 heavy (non-hydrogen) atoms. The highest BCUT2D eigenvalue weighted by Crippen LogP contribution is 2.36. The van der Waals surface area contributed by atoms with Crippen LogP contribution < -0.4 is 0 Å². The van der Waals surface area contributed by atoms with Gasteiger partial charge in [-0.05, 0) is 38.0 Å². The zero-order chi connectivity index (χ0) is 15.8. The number of rotatable bonds is 4. The SMILES string of the molecule is O=C1C[C@H](C(=O)N2CCCC[C@H]2c2nccs2)CN1CC1CC1. The van der Waals surface area contributed by atoms with Gasteiger partial charge in [-0.1, -0.05) is 0 Å². The molecule has 2 amide bonds. The van der Waals surface area contributed by atoms with Gasteiger partial charge in [0.1, 0.15) is 5.01 Å². The van der Waals surface area contributed by atoms with Gasteiger partial charge in [0.05, 0.1) is 12.0 Å². The lowest BCUT2D eigenvalue weighted by Gasteiger charge is -2.36. The molecule has 0 radical (unpaired) electrons. The molecule has 1 aromatic rings. The van der Waals surface area contributed by atoms with E-state index in [-0.39, 0.29) is 23.8 Å². The lowest BCUT2D eigenvalue weighted by Crippen LogP contribution is -2.42. The molecule has 4 rings (SSSR count). The zero-order valence-electron chi connectivity index (χ0n) is 13.3. The van der Waals surface area contributed by atoms with Crippen LogP contribution in [0.4, 0.5) is 0 Å². The number of piperidine rings is 1. The Labute approximate surface area is 140 Å². The van der Waals surface area contributed by atoms with Crippen LogP contribution in [0.15, 0.2) is 11.6 Å². The van der Waals surface area contributed by atoms with Crippen molar-refractivity contribution in [2.75, 3.05) is 19.6 Å². The Hall–Kier alpha value is -1.43. The third-order valence-corrected chi connectivity index (χ3v) is 6.14. The van der Waals surface area contributed by atoms with Crippen LogP contribution in [-0.4, -0.2) is 46.2 Å². The molecule has 2 atom stereocenters. The van der Waals surface area contributed by atoms with Gasteiger partial charge in [-0.25, -0.2) is 4.98 Å². The van der Waals surface area contributed by atoms with Crippen LogP contribution in [0.25, 0.3) is 0 Å². The molecule has 0 unspecified atom stereocenters. The smallest absolute Gasteiger partial charge is 0.228 e. The second-order valence-corrected chi connectivity index (χ2v) is 7.98. The van der Waals surface area contributed by atoms with Gasteiger partial charge < -0.3 is 9.80 Å². The van der Waals surface area contributed by atoms with Gasteiger partial charge in [-0.15, -0.1) is 11.3 Å². The maximum Gasteiger partial charge on any atom is 0.228 e. The van der Waals surface area contributed by atoms with Crippen LogP contribution in [0.5, 0.6) is 0 Å². The monoisotopic (exact) mass is 333 g/mol. The van der Waals surface area contributed by atoms with Gasteiger partial charge in [-0.3, -0.25) is 9.59 Å². The van der Waals surface area contributed by atoms with E-state index in [0.29, 0.717) is 18.9 Å². The molecule has 0 N–H and O–H groups in total. The van der Waals surface area contributed by atoms with Crippen molar-refractivity contribution in [1.82, 2.24) is 14.8 Å². The minimum Gasteiger partial charge on any atom is -0.342 e. The number of aromatic nitrogens is 1. The molecule has 124 valence electrons. The molecule has 3 heterocycles. The molecular weight excluding hydrogens is 310 g/mol. The molecular formula is C17H23N3O2S. The molecule has 1 saturated carbocycles. The first-order valence-electron chi connectivity index (χ1n) is 8.70. The molecule has 1 aliphatic carbocycles. The first-order valence-corrected chi connectivity index (χ1v) is 9.58. The molecule has 0 aromatic carbocycles. The fourth-order valence-corrected chi connectivity index (χ4v) is 4.60. The van der Waals surface area contributed by atoms with Crippen molar-refractivity contribution >= 4 is 23.2 Å². The van der Waals surface area contributed by atoms with E-state index in [0.717, 1.165) is 37.4 Å². The Morgan fingerprint density at radius 3 is 2.91 bits per heavy atom. The average molecular weight is 333 g/mol. The van der Waals surface area contributed by atoms with Gasteiger partial charge in [0.2, 0.25) is 11.8 Å². The Morgan fingerprint density at radius 1 is 1.30 bits per heavy atom. The summed E-state index contributed by atoms with van der Waals surface area (Å²) in [4.78, 5) is 33.6. The molecule has 5 nitrogen and oxygen atoms in total. The third-order valence-electron chi connectivity index (χ3n) is 5.26. The summed E-state index contributed by atoms with van der Waals surface area (Å²) in [5.74, 6) is 0.863.